The lowest BCUT2D eigenvalue weighted by atomic mass is 9.97. The van der Waals surface area contributed by atoms with Crippen LogP contribution >= 0.6 is 0 Å². The third-order valence-electron chi connectivity index (χ3n) is 4.00. The maximum atomic E-state index is 14.2. The minimum atomic E-state index is -1.82. The summed E-state index contributed by atoms with van der Waals surface area (Å²) in [5.74, 6) is -6.44. The maximum absolute atomic E-state index is 14.2. The van der Waals surface area contributed by atoms with Crippen LogP contribution in [-0.4, -0.2) is 13.2 Å². The molecule has 0 radical (unpaired) electrons. The van der Waals surface area contributed by atoms with Gasteiger partial charge in [-0.1, -0.05) is 30.3 Å². The topological polar surface area (TPSA) is 18.5 Å². The molecular weight excluding hydrogens is 312 g/mol. The molecule has 6 heteroatoms. The van der Waals surface area contributed by atoms with E-state index in [1.807, 2.05) is 0 Å². The Hall–Kier alpha value is -2.18. The van der Waals surface area contributed by atoms with Crippen LogP contribution in [0, 0.1) is 23.3 Å². The Morgan fingerprint density at radius 3 is 2.09 bits per heavy atom. The van der Waals surface area contributed by atoms with Crippen LogP contribution in [0.3, 0.4) is 0 Å². The summed E-state index contributed by atoms with van der Waals surface area (Å²) in [4.78, 5) is 0. The highest BCUT2D eigenvalue weighted by molar-refractivity contribution is 6.09. The molecule has 1 aliphatic heterocycles. The molecule has 1 saturated heterocycles. The molecule has 3 aromatic carbocycles. The second-order valence-corrected chi connectivity index (χ2v) is 5.26. The monoisotopic (exact) mass is 322 g/mol. The van der Waals surface area contributed by atoms with Crippen molar-refractivity contribution in [3.63, 3.8) is 0 Å². The fraction of sp³-hybridized carbons (Fsp3) is 0.176. The standard InChI is InChI=1S/C17H10F4O2/c18-13-11-5-4-8-9(12(11)14(19)16(21)15(13)20)2-1-3-10(8)17-22-6-7-23-17/h1-5,17H,6-7H2. The summed E-state index contributed by atoms with van der Waals surface area (Å²) in [6.45, 7) is 0.856. The number of hydrogen-bond acceptors (Lipinski definition) is 2. The van der Waals surface area contributed by atoms with E-state index >= 15 is 0 Å². The van der Waals surface area contributed by atoms with Gasteiger partial charge in [0.1, 0.15) is 0 Å². The highest BCUT2D eigenvalue weighted by atomic mass is 19.2. The molecule has 1 heterocycles. The van der Waals surface area contributed by atoms with Gasteiger partial charge in [0.15, 0.2) is 29.6 Å². The predicted molar refractivity (Wildman–Crippen MR) is 75.9 cm³/mol. The molecule has 0 saturated carbocycles. The molecule has 3 aromatic rings. The molecule has 0 N–H and O–H groups in total. The van der Waals surface area contributed by atoms with Crippen LogP contribution < -0.4 is 0 Å². The molecule has 4 rings (SSSR count). The molecule has 0 bridgehead atoms. The average Bonchev–Trinajstić information content (AvgIpc) is 3.10. The first-order chi connectivity index (χ1) is 11.1. The number of hydrogen-bond donors (Lipinski definition) is 0. The highest BCUT2D eigenvalue weighted by Crippen LogP contribution is 2.36. The second-order valence-electron chi connectivity index (χ2n) is 5.26. The summed E-state index contributed by atoms with van der Waals surface area (Å²) in [7, 11) is 0. The molecule has 0 amide bonds. The highest BCUT2D eigenvalue weighted by Gasteiger charge is 2.24. The minimum Gasteiger partial charge on any atom is -0.346 e. The quantitative estimate of drug-likeness (QED) is 0.282. The van der Waals surface area contributed by atoms with Crippen molar-refractivity contribution >= 4 is 21.5 Å². The van der Waals surface area contributed by atoms with Gasteiger partial charge < -0.3 is 9.47 Å². The molecule has 0 spiro atoms. The zero-order valence-electron chi connectivity index (χ0n) is 11.7. The Labute approximate surface area is 128 Å². The van der Waals surface area contributed by atoms with E-state index in [1.165, 1.54) is 18.2 Å². The van der Waals surface area contributed by atoms with Gasteiger partial charge >= 0.3 is 0 Å². The largest absolute Gasteiger partial charge is 0.346 e. The third kappa shape index (κ3) is 2.02. The Bertz CT molecular complexity index is 933. The number of benzene rings is 3. The van der Waals surface area contributed by atoms with Gasteiger partial charge in [0.05, 0.1) is 13.2 Å². The van der Waals surface area contributed by atoms with Crippen molar-refractivity contribution in [1.82, 2.24) is 0 Å². The van der Waals surface area contributed by atoms with Crippen LogP contribution in [-0.2, 0) is 9.47 Å². The predicted octanol–water partition coefficient (Wildman–Crippen LogP) is 4.59. The molecular formula is C17H10F4O2. The second kappa shape index (κ2) is 5.18. The van der Waals surface area contributed by atoms with E-state index in [0.29, 0.717) is 24.2 Å². The van der Waals surface area contributed by atoms with Crippen molar-refractivity contribution in [2.45, 2.75) is 6.29 Å². The zero-order valence-corrected chi connectivity index (χ0v) is 11.7. The molecule has 0 aromatic heterocycles. The van der Waals surface area contributed by atoms with Gasteiger partial charge in [-0.3, -0.25) is 0 Å². The van der Waals surface area contributed by atoms with E-state index < -0.39 is 29.6 Å². The van der Waals surface area contributed by atoms with Gasteiger partial charge in [-0.2, -0.15) is 0 Å². The minimum absolute atomic E-state index is 0.273. The first kappa shape index (κ1) is 14.4. The summed E-state index contributed by atoms with van der Waals surface area (Å²) in [5.41, 5.74) is 0.631. The molecule has 0 atom stereocenters. The van der Waals surface area contributed by atoms with Crippen molar-refractivity contribution in [2.75, 3.05) is 13.2 Å². The Morgan fingerprint density at radius 2 is 1.35 bits per heavy atom. The van der Waals surface area contributed by atoms with Crippen LogP contribution in [0.15, 0.2) is 30.3 Å². The normalized spacial score (nSPS) is 15.8. The van der Waals surface area contributed by atoms with Gasteiger partial charge in [-0.05, 0) is 10.8 Å². The lowest BCUT2D eigenvalue weighted by Crippen LogP contribution is -2.01. The number of rotatable bonds is 1. The summed E-state index contributed by atoms with van der Waals surface area (Å²) >= 11 is 0. The fourth-order valence-corrected chi connectivity index (χ4v) is 2.97. The summed E-state index contributed by atoms with van der Waals surface area (Å²) in [5, 5.41) is 0.212. The molecule has 118 valence electrons. The van der Waals surface area contributed by atoms with Crippen molar-refractivity contribution in [3.8, 4) is 0 Å². The van der Waals surface area contributed by atoms with Gasteiger partial charge in [0.25, 0.3) is 0 Å². The van der Waals surface area contributed by atoms with E-state index in [0.717, 1.165) is 0 Å². The van der Waals surface area contributed by atoms with E-state index in [9.17, 15) is 17.6 Å². The summed E-state index contributed by atoms with van der Waals surface area (Å²) < 4.78 is 66.1. The van der Waals surface area contributed by atoms with E-state index in [2.05, 4.69) is 0 Å². The number of halogens is 4. The van der Waals surface area contributed by atoms with Crippen molar-refractivity contribution in [1.29, 1.82) is 0 Å². The molecule has 0 unspecified atom stereocenters. The third-order valence-corrected chi connectivity index (χ3v) is 4.00. The SMILES string of the molecule is Fc1c(F)c(F)c2c(ccc3c(C4OCCO4)cccc32)c1F. The van der Waals surface area contributed by atoms with Crippen molar-refractivity contribution in [2.24, 2.45) is 0 Å². The lowest BCUT2D eigenvalue weighted by Gasteiger charge is -2.14. The first-order valence-electron chi connectivity index (χ1n) is 7.00. The van der Waals surface area contributed by atoms with Crippen LogP contribution in [0.4, 0.5) is 17.6 Å². The lowest BCUT2D eigenvalue weighted by molar-refractivity contribution is -0.0429. The van der Waals surface area contributed by atoms with Crippen LogP contribution in [0.1, 0.15) is 11.9 Å². The molecule has 0 aliphatic carbocycles. The average molecular weight is 322 g/mol. The first-order valence-corrected chi connectivity index (χ1v) is 7.00. The maximum Gasteiger partial charge on any atom is 0.198 e. The van der Waals surface area contributed by atoms with Crippen molar-refractivity contribution < 1.29 is 27.0 Å². The molecule has 1 aliphatic rings. The van der Waals surface area contributed by atoms with Crippen LogP contribution in [0.25, 0.3) is 21.5 Å². The van der Waals surface area contributed by atoms with E-state index in [-0.39, 0.29) is 16.2 Å². The number of ether oxygens (including phenoxy) is 2. The molecule has 2 nitrogen and oxygen atoms in total. The Kier molecular flexibility index (Phi) is 3.25. The van der Waals surface area contributed by atoms with Crippen LogP contribution in [0.2, 0.25) is 0 Å². The Morgan fingerprint density at radius 1 is 0.696 bits per heavy atom. The zero-order chi connectivity index (χ0) is 16.1. The summed E-state index contributed by atoms with van der Waals surface area (Å²) in [6, 6.07) is 7.63. The molecule has 1 fully saturated rings. The van der Waals surface area contributed by atoms with Gasteiger partial charge in [-0.25, -0.2) is 17.6 Å². The fourth-order valence-electron chi connectivity index (χ4n) is 2.97. The smallest absolute Gasteiger partial charge is 0.198 e. The van der Waals surface area contributed by atoms with Gasteiger partial charge in [0, 0.05) is 16.3 Å². The van der Waals surface area contributed by atoms with E-state index in [1.54, 1.807) is 12.1 Å². The van der Waals surface area contributed by atoms with Gasteiger partial charge in [0.2, 0.25) is 0 Å². The van der Waals surface area contributed by atoms with E-state index in [4.69, 9.17) is 9.47 Å². The van der Waals surface area contributed by atoms with Crippen molar-refractivity contribution in [3.05, 3.63) is 59.2 Å². The van der Waals surface area contributed by atoms with Gasteiger partial charge in [-0.15, -0.1) is 0 Å². The van der Waals surface area contributed by atoms with Crippen LogP contribution in [0.5, 0.6) is 0 Å². The number of fused-ring (bicyclic) bond motifs is 3. The Balaban J connectivity index is 2.12. The summed E-state index contributed by atoms with van der Waals surface area (Å²) in [6.07, 6.45) is -0.616. The molecule has 23 heavy (non-hydrogen) atoms.